The summed E-state index contributed by atoms with van der Waals surface area (Å²) in [6.45, 7) is 5.81. The average Bonchev–Trinajstić information content (AvgIpc) is 3.33. The molecule has 0 fully saturated rings. The molecular weight excluding hydrogens is 352 g/mol. The fourth-order valence-corrected chi connectivity index (χ4v) is 3.23. The Labute approximate surface area is 163 Å². The fraction of sp³-hybridized carbons (Fsp3) is 0.238. The number of amides is 1. The molecule has 1 N–H and O–H groups in total. The van der Waals surface area contributed by atoms with E-state index < -0.39 is 0 Å². The molecule has 0 unspecified atom stereocenters. The third-order valence-corrected chi connectivity index (χ3v) is 4.76. The van der Waals surface area contributed by atoms with Gasteiger partial charge in [-0.25, -0.2) is 9.67 Å². The van der Waals surface area contributed by atoms with Crippen molar-refractivity contribution in [3.8, 4) is 11.3 Å². The average molecular weight is 374 g/mol. The Kier molecular flexibility index (Phi) is 4.89. The van der Waals surface area contributed by atoms with E-state index in [0.717, 1.165) is 28.0 Å². The highest BCUT2D eigenvalue weighted by molar-refractivity contribution is 6.06. The second kappa shape index (κ2) is 7.64. The second-order valence-electron chi connectivity index (χ2n) is 6.57. The fourth-order valence-electron chi connectivity index (χ4n) is 3.23. The maximum atomic E-state index is 12.9. The largest absolute Gasteiger partial charge is 0.350 e. The Balaban J connectivity index is 1.65. The normalized spacial score (nSPS) is 11.1. The smallest absolute Gasteiger partial charge is 0.252 e. The minimum absolute atomic E-state index is 0.134. The van der Waals surface area contributed by atoms with E-state index in [-0.39, 0.29) is 5.91 Å². The van der Waals surface area contributed by atoms with Crippen molar-refractivity contribution in [1.82, 2.24) is 29.9 Å². The molecule has 0 aliphatic carbocycles. The molecule has 1 amide bonds. The van der Waals surface area contributed by atoms with Gasteiger partial charge >= 0.3 is 0 Å². The zero-order valence-corrected chi connectivity index (χ0v) is 16.0. The molecule has 0 spiro atoms. The van der Waals surface area contributed by atoms with Crippen LogP contribution in [0.4, 0.5) is 0 Å². The molecule has 4 rings (SSSR count). The van der Waals surface area contributed by atoms with Crippen LogP contribution in [0.3, 0.4) is 0 Å². The Morgan fingerprint density at radius 2 is 1.93 bits per heavy atom. The summed E-state index contributed by atoms with van der Waals surface area (Å²) in [6.07, 6.45) is 3.47. The number of nitrogens with one attached hydrogen (secondary N) is 1. The van der Waals surface area contributed by atoms with Gasteiger partial charge in [0.1, 0.15) is 0 Å². The van der Waals surface area contributed by atoms with E-state index >= 15 is 0 Å². The van der Waals surface area contributed by atoms with Gasteiger partial charge in [-0.1, -0.05) is 30.3 Å². The van der Waals surface area contributed by atoms with Crippen molar-refractivity contribution in [3.05, 3.63) is 66.1 Å². The molecule has 0 radical (unpaired) electrons. The molecule has 0 aliphatic rings. The van der Waals surface area contributed by atoms with Crippen molar-refractivity contribution < 1.29 is 4.79 Å². The van der Waals surface area contributed by atoms with Crippen molar-refractivity contribution in [3.63, 3.8) is 0 Å². The molecule has 0 atom stereocenters. The molecule has 1 aromatic carbocycles. The van der Waals surface area contributed by atoms with Gasteiger partial charge in [-0.15, -0.1) is 0 Å². The number of hydrogen-bond acceptors (Lipinski definition) is 4. The summed E-state index contributed by atoms with van der Waals surface area (Å²) in [5.74, 6) is -0.134. The highest BCUT2D eigenvalue weighted by atomic mass is 16.1. The van der Waals surface area contributed by atoms with Crippen LogP contribution in [-0.2, 0) is 13.1 Å². The third kappa shape index (κ3) is 3.38. The first-order valence-electron chi connectivity index (χ1n) is 9.36. The molecule has 0 aliphatic heterocycles. The highest BCUT2D eigenvalue weighted by Crippen LogP contribution is 2.24. The lowest BCUT2D eigenvalue weighted by atomic mass is 10.1. The first kappa shape index (κ1) is 17.9. The van der Waals surface area contributed by atoms with Crippen LogP contribution in [0, 0.1) is 6.92 Å². The Morgan fingerprint density at radius 3 is 2.64 bits per heavy atom. The number of benzene rings is 1. The number of carbonyl (C=O) groups excluding carboxylic acids is 1. The van der Waals surface area contributed by atoms with Gasteiger partial charge in [0.25, 0.3) is 5.91 Å². The van der Waals surface area contributed by atoms with E-state index in [9.17, 15) is 4.79 Å². The van der Waals surface area contributed by atoms with Crippen LogP contribution in [0.1, 0.15) is 23.0 Å². The van der Waals surface area contributed by atoms with Gasteiger partial charge in [0, 0.05) is 30.5 Å². The number of hydrogen-bond donors (Lipinski definition) is 1. The lowest BCUT2D eigenvalue weighted by molar-refractivity contribution is 0.0953. The van der Waals surface area contributed by atoms with Crippen molar-refractivity contribution in [2.45, 2.75) is 26.9 Å². The van der Waals surface area contributed by atoms with Crippen LogP contribution in [0.2, 0.25) is 0 Å². The van der Waals surface area contributed by atoms with Gasteiger partial charge in [0.2, 0.25) is 0 Å². The quantitative estimate of drug-likeness (QED) is 0.563. The summed E-state index contributed by atoms with van der Waals surface area (Å²) >= 11 is 0. The van der Waals surface area contributed by atoms with Crippen molar-refractivity contribution >= 4 is 16.9 Å². The van der Waals surface area contributed by atoms with E-state index in [2.05, 4.69) is 15.5 Å². The van der Waals surface area contributed by atoms with Crippen LogP contribution in [0.15, 0.2) is 54.9 Å². The second-order valence-corrected chi connectivity index (χ2v) is 6.57. The Hall–Kier alpha value is -3.48. The van der Waals surface area contributed by atoms with Gasteiger partial charge < -0.3 is 5.32 Å². The molecule has 3 aromatic heterocycles. The highest BCUT2D eigenvalue weighted by Gasteiger charge is 2.17. The number of carbonyl (C=O) groups is 1. The summed E-state index contributed by atoms with van der Waals surface area (Å²) < 4.78 is 3.68. The summed E-state index contributed by atoms with van der Waals surface area (Å²) in [4.78, 5) is 17.7. The SMILES string of the molecule is CCn1ncc2c(C(=O)NCCn3nccc3C)cc(-c3ccccc3)nc21. The lowest BCUT2D eigenvalue weighted by Gasteiger charge is -2.10. The molecule has 7 nitrogen and oxygen atoms in total. The molecule has 0 saturated carbocycles. The van der Waals surface area contributed by atoms with Crippen molar-refractivity contribution in [1.29, 1.82) is 0 Å². The standard InChI is InChI=1S/C21H22N6O/c1-3-26-20-18(14-24-26)17(13-19(25-20)16-7-5-4-6-8-16)21(28)22-11-12-27-15(2)9-10-23-27/h4-10,13-14H,3,11-12H2,1-2H3,(H,22,28). The van der Waals surface area contributed by atoms with Crippen LogP contribution >= 0.6 is 0 Å². The molecule has 0 saturated heterocycles. The molecule has 4 aromatic rings. The third-order valence-electron chi connectivity index (χ3n) is 4.76. The molecule has 3 heterocycles. The minimum Gasteiger partial charge on any atom is -0.350 e. The predicted octanol–water partition coefficient (Wildman–Crippen LogP) is 3.05. The Bertz CT molecular complexity index is 1110. The van der Waals surface area contributed by atoms with Gasteiger partial charge in [-0.3, -0.25) is 9.48 Å². The van der Waals surface area contributed by atoms with Crippen molar-refractivity contribution in [2.75, 3.05) is 6.54 Å². The van der Waals surface area contributed by atoms with Crippen molar-refractivity contribution in [2.24, 2.45) is 0 Å². The molecule has 0 bridgehead atoms. The summed E-state index contributed by atoms with van der Waals surface area (Å²) in [7, 11) is 0. The molecular formula is C21H22N6O. The number of rotatable bonds is 6. The molecule has 28 heavy (non-hydrogen) atoms. The topological polar surface area (TPSA) is 77.6 Å². The maximum absolute atomic E-state index is 12.9. The zero-order valence-electron chi connectivity index (χ0n) is 16.0. The van der Waals surface area contributed by atoms with E-state index in [4.69, 9.17) is 4.98 Å². The van der Waals surface area contributed by atoms with E-state index in [1.54, 1.807) is 12.4 Å². The molecule has 7 heteroatoms. The molecule has 142 valence electrons. The number of aromatic nitrogens is 5. The Morgan fingerprint density at radius 1 is 1.11 bits per heavy atom. The van der Waals surface area contributed by atoms with E-state index in [1.807, 2.05) is 65.7 Å². The summed E-state index contributed by atoms with van der Waals surface area (Å²) in [5.41, 5.74) is 4.10. The first-order valence-corrected chi connectivity index (χ1v) is 9.36. The number of pyridine rings is 1. The lowest BCUT2D eigenvalue weighted by Crippen LogP contribution is -2.28. The van der Waals surface area contributed by atoms with Gasteiger partial charge in [-0.05, 0) is 26.0 Å². The zero-order chi connectivity index (χ0) is 19.5. The number of aryl methyl sites for hydroxylation is 2. The van der Waals surface area contributed by atoms with Crippen LogP contribution in [0.5, 0.6) is 0 Å². The minimum atomic E-state index is -0.134. The predicted molar refractivity (Wildman–Crippen MR) is 108 cm³/mol. The van der Waals surface area contributed by atoms with Crippen LogP contribution < -0.4 is 5.32 Å². The van der Waals surface area contributed by atoms with E-state index in [1.165, 1.54) is 0 Å². The summed E-state index contributed by atoms with van der Waals surface area (Å²) in [6, 6.07) is 13.7. The number of nitrogens with zero attached hydrogens (tertiary/aromatic N) is 5. The van der Waals surface area contributed by atoms with Gasteiger partial charge in [0.15, 0.2) is 5.65 Å². The van der Waals surface area contributed by atoms with Crippen LogP contribution in [0.25, 0.3) is 22.3 Å². The van der Waals surface area contributed by atoms with Gasteiger partial charge in [-0.2, -0.15) is 10.2 Å². The maximum Gasteiger partial charge on any atom is 0.252 e. The van der Waals surface area contributed by atoms with E-state index in [0.29, 0.717) is 25.2 Å². The number of fused-ring (bicyclic) bond motifs is 1. The van der Waals surface area contributed by atoms with Gasteiger partial charge in [0.05, 0.1) is 29.4 Å². The van der Waals surface area contributed by atoms with Crippen LogP contribution in [-0.4, -0.2) is 37.0 Å². The first-order chi connectivity index (χ1) is 13.7. The summed E-state index contributed by atoms with van der Waals surface area (Å²) in [5, 5.41) is 12.4. The monoisotopic (exact) mass is 374 g/mol.